The van der Waals surface area contributed by atoms with Crippen LogP contribution in [-0.4, -0.2) is 24.1 Å². The van der Waals surface area contributed by atoms with E-state index in [9.17, 15) is 4.79 Å². The van der Waals surface area contributed by atoms with Crippen LogP contribution in [0.15, 0.2) is 18.3 Å². The van der Waals surface area contributed by atoms with Gasteiger partial charge in [-0.3, -0.25) is 0 Å². The molecule has 1 heterocycles. The van der Waals surface area contributed by atoms with Crippen LogP contribution in [0.4, 0.5) is 5.82 Å². The third-order valence-electron chi connectivity index (χ3n) is 4.19. The van der Waals surface area contributed by atoms with Crippen LogP contribution >= 0.6 is 0 Å². The predicted octanol–water partition coefficient (Wildman–Crippen LogP) is 3.89. The van der Waals surface area contributed by atoms with E-state index in [1.807, 2.05) is 6.92 Å². The zero-order valence-electron chi connectivity index (χ0n) is 13.1. The molecule has 1 fully saturated rings. The van der Waals surface area contributed by atoms with E-state index in [-0.39, 0.29) is 5.97 Å². The number of carbonyl (C=O) groups excluding carboxylic acids is 1. The highest BCUT2D eigenvalue weighted by Gasteiger charge is 2.19. The van der Waals surface area contributed by atoms with Crippen molar-refractivity contribution in [1.82, 2.24) is 4.98 Å². The first-order valence-corrected chi connectivity index (χ1v) is 8.06. The Kier molecular flexibility index (Phi) is 6.03. The number of hydrogen-bond acceptors (Lipinski definition) is 4. The summed E-state index contributed by atoms with van der Waals surface area (Å²) < 4.78 is 5.06. The number of esters is 1. The molecule has 1 N–H and O–H groups in total. The highest BCUT2D eigenvalue weighted by molar-refractivity contribution is 5.94. The van der Waals surface area contributed by atoms with E-state index in [0.29, 0.717) is 18.0 Å². The van der Waals surface area contributed by atoms with Gasteiger partial charge < -0.3 is 10.1 Å². The minimum absolute atomic E-state index is 0.306. The van der Waals surface area contributed by atoms with Crippen molar-refractivity contribution in [3.63, 3.8) is 0 Å². The first-order valence-electron chi connectivity index (χ1n) is 8.06. The second-order valence-electron chi connectivity index (χ2n) is 5.97. The summed E-state index contributed by atoms with van der Waals surface area (Å²) in [5.41, 5.74) is 0.524. The van der Waals surface area contributed by atoms with Gasteiger partial charge >= 0.3 is 5.97 Å². The molecule has 1 aromatic rings. The van der Waals surface area contributed by atoms with Gasteiger partial charge in [0.15, 0.2) is 0 Å². The van der Waals surface area contributed by atoms with Crippen LogP contribution in [0.1, 0.15) is 56.3 Å². The fourth-order valence-corrected chi connectivity index (χ4v) is 3.14. The van der Waals surface area contributed by atoms with Gasteiger partial charge in [0.25, 0.3) is 0 Å². The third-order valence-corrected chi connectivity index (χ3v) is 4.19. The van der Waals surface area contributed by atoms with Gasteiger partial charge in [-0.05, 0) is 43.7 Å². The summed E-state index contributed by atoms with van der Waals surface area (Å²) in [6, 6.07) is 3.52. The molecular formula is C17H26N2O2. The number of rotatable bonds is 6. The van der Waals surface area contributed by atoms with Gasteiger partial charge in [0.2, 0.25) is 0 Å². The number of hydrogen-bond donors (Lipinski definition) is 1. The summed E-state index contributed by atoms with van der Waals surface area (Å²) in [4.78, 5) is 16.1. The SMILES string of the molecule is CCOC(=O)c1cccnc1NCCC1CCCC(C)C1. The molecule has 2 rings (SSSR count). The van der Waals surface area contributed by atoms with Gasteiger partial charge in [-0.1, -0.05) is 26.2 Å². The zero-order valence-corrected chi connectivity index (χ0v) is 13.1. The van der Waals surface area contributed by atoms with E-state index in [1.54, 1.807) is 18.3 Å². The third kappa shape index (κ3) is 4.73. The summed E-state index contributed by atoms with van der Waals surface area (Å²) >= 11 is 0. The maximum atomic E-state index is 11.9. The van der Waals surface area contributed by atoms with E-state index in [2.05, 4.69) is 17.2 Å². The molecule has 0 aromatic carbocycles. The Morgan fingerprint density at radius 1 is 1.48 bits per heavy atom. The number of aromatic nitrogens is 1. The molecule has 0 spiro atoms. The molecule has 21 heavy (non-hydrogen) atoms. The highest BCUT2D eigenvalue weighted by atomic mass is 16.5. The second-order valence-corrected chi connectivity index (χ2v) is 5.97. The van der Waals surface area contributed by atoms with Crippen molar-refractivity contribution in [3.8, 4) is 0 Å². The number of nitrogens with zero attached hydrogens (tertiary/aromatic N) is 1. The summed E-state index contributed by atoms with van der Waals surface area (Å²) in [5, 5.41) is 3.30. The summed E-state index contributed by atoms with van der Waals surface area (Å²) in [6.45, 7) is 5.40. The van der Waals surface area contributed by atoms with Crippen molar-refractivity contribution >= 4 is 11.8 Å². The summed E-state index contributed by atoms with van der Waals surface area (Å²) in [6.07, 6.45) is 8.23. The Balaban J connectivity index is 1.86. The smallest absolute Gasteiger partial charge is 0.341 e. The number of anilines is 1. The molecule has 1 aromatic heterocycles. The minimum Gasteiger partial charge on any atom is -0.462 e. The molecule has 0 radical (unpaired) electrons. The van der Waals surface area contributed by atoms with Crippen LogP contribution in [0.25, 0.3) is 0 Å². The molecule has 1 aliphatic rings. The second kappa shape index (κ2) is 8.01. The molecule has 4 heteroatoms. The van der Waals surface area contributed by atoms with Crippen molar-refractivity contribution in [1.29, 1.82) is 0 Å². The van der Waals surface area contributed by atoms with Crippen molar-refractivity contribution < 1.29 is 9.53 Å². The monoisotopic (exact) mass is 290 g/mol. The van der Waals surface area contributed by atoms with Crippen LogP contribution < -0.4 is 5.32 Å². The van der Waals surface area contributed by atoms with Crippen molar-refractivity contribution in [2.45, 2.75) is 46.0 Å². The molecule has 0 amide bonds. The first kappa shape index (κ1) is 15.8. The van der Waals surface area contributed by atoms with Crippen molar-refractivity contribution in [2.24, 2.45) is 11.8 Å². The number of nitrogens with one attached hydrogen (secondary N) is 1. The van der Waals surface area contributed by atoms with Gasteiger partial charge in [-0.15, -0.1) is 0 Å². The van der Waals surface area contributed by atoms with E-state index in [4.69, 9.17) is 4.74 Å². The molecule has 2 atom stereocenters. The molecule has 0 bridgehead atoms. The molecule has 0 aliphatic heterocycles. The molecular weight excluding hydrogens is 264 g/mol. The van der Waals surface area contributed by atoms with E-state index >= 15 is 0 Å². The first-order chi connectivity index (χ1) is 10.2. The predicted molar refractivity (Wildman–Crippen MR) is 84.4 cm³/mol. The Hall–Kier alpha value is -1.58. The Bertz CT molecular complexity index is 462. The lowest BCUT2D eigenvalue weighted by Crippen LogP contribution is -2.18. The van der Waals surface area contributed by atoms with Gasteiger partial charge in [-0.2, -0.15) is 0 Å². The number of pyridine rings is 1. The maximum absolute atomic E-state index is 11.9. The summed E-state index contributed by atoms with van der Waals surface area (Å²) in [7, 11) is 0. The van der Waals surface area contributed by atoms with Crippen molar-refractivity contribution in [3.05, 3.63) is 23.9 Å². The molecule has 2 unspecified atom stereocenters. The average molecular weight is 290 g/mol. The Morgan fingerprint density at radius 3 is 3.10 bits per heavy atom. The summed E-state index contributed by atoms with van der Waals surface area (Å²) in [5.74, 6) is 1.99. The van der Waals surface area contributed by atoms with E-state index in [0.717, 1.165) is 24.8 Å². The lowest BCUT2D eigenvalue weighted by atomic mass is 9.81. The van der Waals surface area contributed by atoms with Crippen LogP contribution in [0.2, 0.25) is 0 Å². The average Bonchev–Trinajstić information content (AvgIpc) is 2.48. The van der Waals surface area contributed by atoms with Crippen LogP contribution in [0, 0.1) is 11.8 Å². The largest absolute Gasteiger partial charge is 0.462 e. The quantitative estimate of drug-likeness (QED) is 0.808. The Morgan fingerprint density at radius 2 is 2.33 bits per heavy atom. The van der Waals surface area contributed by atoms with Gasteiger partial charge in [-0.25, -0.2) is 9.78 Å². The molecule has 0 saturated heterocycles. The van der Waals surface area contributed by atoms with Crippen LogP contribution in [0.5, 0.6) is 0 Å². The fourth-order valence-electron chi connectivity index (χ4n) is 3.14. The minimum atomic E-state index is -0.306. The van der Waals surface area contributed by atoms with Crippen LogP contribution in [0.3, 0.4) is 0 Å². The standard InChI is InChI=1S/C17H26N2O2/c1-3-21-17(20)15-8-5-10-18-16(15)19-11-9-14-7-4-6-13(2)12-14/h5,8,10,13-14H,3-4,6-7,9,11-12H2,1-2H3,(H,18,19). The molecule has 1 saturated carbocycles. The fraction of sp³-hybridized carbons (Fsp3) is 0.647. The van der Waals surface area contributed by atoms with Crippen molar-refractivity contribution in [2.75, 3.05) is 18.5 Å². The van der Waals surface area contributed by atoms with Gasteiger partial charge in [0.05, 0.1) is 6.61 Å². The lowest BCUT2D eigenvalue weighted by molar-refractivity contribution is 0.0527. The lowest BCUT2D eigenvalue weighted by Gasteiger charge is -2.26. The Labute approximate surface area is 127 Å². The topological polar surface area (TPSA) is 51.2 Å². The van der Waals surface area contributed by atoms with Gasteiger partial charge in [0.1, 0.15) is 11.4 Å². The van der Waals surface area contributed by atoms with E-state index < -0.39 is 0 Å². The molecule has 116 valence electrons. The normalized spacial score (nSPS) is 21.8. The maximum Gasteiger partial charge on any atom is 0.341 e. The number of ether oxygens (including phenoxy) is 1. The van der Waals surface area contributed by atoms with Gasteiger partial charge in [0, 0.05) is 12.7 Å². The van der Waals surface area contributed by atoms with E-state index in [1.165, 1.54) is 25.7 Å². The zero-order chi connectivity index (χ0) is 15.1. The number of carbonyl (C=O) groups is 1. The van der Waals surface area contributed by atoms with Crippen LogP contribution in [-0.2, 0) is 4.74 Å². The molecule has 1 aliphatic carbocycles. The molecule has 4 nitrogen and oxygen atoms in total. The highest BCUT2D eigenvalue weighted by Crippen LogP contribution is 2.30.